The number of rotatable bonds is 8. The fourth-order valence-electron chi connectivity index (χ4n) is 3.05. The Morgan fingerprint density at radius 1 is 1.06 bits per heavy atom. The molecule has 1 heterocycles. The minimum atomic E-state index is -1.47. The number of aromatic nitrogens is 1. The number of nitrogen functional groups attached to an aromatic ring is 1. The van der Waals surface area contributed by atoms with Gasteiger partial charge in [-0.15, -0.1) is 6.58 Å². The van der Waals surface area contributed by atoms with Gasteiger partial charge in [-0.3, -0.25) is 9.59 Å². The summed E-state index contributed by atoms with van der Waals surface area (Å²) < 4.78 is 58.6. The number of hydrogen-bond acceptors (Lipinski definition) is 5. The first-order valence-corrected chi connectivity index (χ1v) is 9.57. The lowest BCUT2D eigenvalue weighted by atomic mass is 9.99. The van der Waals surface area contributed by atoms with E-state index in [1.54, 1.807) is 0 Å². The summed E-state index contributed by atoms with van der Waals surface area (Å²) in [5.41, 5.74) is 3.78. The molecule has 1 aromatic heterocycles. The maximum Gasteiger partial charge on any atom is 0.253 e. The Balaban J connectivity index is 2.11. The second-order valence-corrected chi connectivity index (χ2v) is 6.91. The number of amides is 1. The van der Waals surface area contributed by atoms with Gasteiger partial charge in [0, 0.05) is 24.7 Å². The molecule has 0 aliphatic heterocycles. The molecular formula is C23H18F4N4O2. The van der Waals surface area contributed by atoms with E-state index in [1.165, 1.54) is 24.4 Å². The molecule has 0 fully saturated rings. The van der Waals surface area contributed by atoms with Crippen LogP contribution in [0.4, 0.5) is 34.8 Å². The smallest absolute Gasteiger partial charge is 0.253 e. The van der Waals surface area contributed by atoms with Gasteiger partial charge in [0.15, 0.2) is 23.3 Å². The average Bonchev–Trinajstić information content (AvgIpc) is 2.80. The number of pyridine rings is 1. The van der Waals surface area contributed by atoms with Crippen LogP contribution in [0.5, 0.6) is 0 Å². The van der Waals surface area contributed by atoms with Crippen molar-refractivity contribution in [1.29, 1.82) is 0 Å². The molecule has 6 nitrogen and oxygen atoms in total. The van der Waals surface area contributed by atoms with E-state index in [9.17, 15) is 22.8 Å². The monoisotopic (exact) mass is 458 g/mol. The molecule has 170 valence electrons. The van der Waals surface area contributed by atoms with Crippen molar-refractivity contribution >= 4 is 29.4 Å². The number of nitrogens with zero attached hydrogens (tertiary/aromatic N) is 1. The largest absolute Gasteiger partial charge is 0.381 e. The second-order valence-electron chi connectivity index (χ2n) is 6.91. The molecule has 0 atom stereocenters. The number of nitrogens with two attached hydrogens (primary N) is 1. The van der Waals surface area contributed by atoms with Crippen molar-refractivity contribution in [2.45, 2.75) is 6.42 Å². The summed E-state index contributed by atoms with van der Waals surface area (Å²) in [4.78, 5) is 27.0. The molecule has 1 amide bonds. The highest BCUT2D eigenvalue weighted by atomic mass is 19.2. The van der Waals surface area contributed by atoms with Gasteiger partial charge in [-0.2, -0.15) is 0 Å². The summed E-state index contributed by atoms with van der Waals surface area (Å²) in [6, 6.07) is 5.58. The first kappa shape index (κ1) is 23.5. The zero-order valence-electron chi connectivity index (χ0n) is 17.1. The zero-order chi connectivity index (χ0) is 24.1. The van der Waals surface area contributed by atoms with Gasteiger partial charge in [-0.1, -0.05) is 6.08 Å². The first-order chi connectivity index (χ1) is 15.8. The lowest BCUT2D eigenvalue weighted by Crippen LogP contribution is -2.25. The predicted molar refractivity (Wildman–Crippen MR) is 115 cm³/mol. The van der Waals surface area contributed by atoms with E-state index in [0.717, 1.165) is 18.2 Å². The van der Waals surface area contributed by atoms with E-state index >= 15 is 4.39 Å². The normalized spacial score (nSPS) is 10.5. The van der Waals surface area contributed by atoms with Crippen LogP contribution in [0.15, 0.2) is 49.2 Å². The van der Waals surface area contributed by atoms with E-state index in [2.05, 4.69) is 22.2 Å². The van der Waals surface area contributed by atoms with Crippen molar-refractivity contribution in [3.63, 3.8) is 0 Å². The maximum absolute atomic E-state index is 15.1. The molecule has 4 N–H and O–H groups in total. The fourth-order valence-corrected chi connectivity index (χ4v) is 3.05. The van der Waals surface area contributed by atoms with Gasteiger partial charge in [0.05, 0.1) is 16.9 Å². The van der Waals surface area contributed by atoms with Crippen LogP contribution in [-0.2, 0) is 6.42 Å². The van der Waals surface area contributed by atoms with Crippen LogP contribution < -0.4 is 16.4 Å². The molecule has 0 saturated carbocycles. The van der Waals surface area contributed by atoms with Crippen LogP contribution in [0.2, 0.25) is 0 Å². The van der Waals surface area contributed by atoms with Crippen LogP contribution in [0.25, 0.3) is 0 Å². The molecule has 3 rings (SSSR count). The topological polar surface area (TPSA) is 97.1 Å². The van der Waals surface area contributed by atoms with Gasteiger partial charge in [0.1, 0.15) is 12.1 Å². The molecule has 0 aliphatic rings. The SMILES string of the molecule is C=CCNC(=O)c1cc(Cc2ccnc(N)c2F)c(F)c(F)c1Nc1ccc(C=O)cc1F. The van der Waals surface area contributed by atoms with Gasteiger partial charge in [-0.25, -0.2) is 22.5 Å². The molecule has 33 heavy (non-hydrogen) atoms. The zero-order valence-corrected chi connectivity index (χ0v) is 17.1. The maximum atomic E-state index is 15.1. The third-order valence-electron chi connectivity index (χ3n) is 4.70. The molecule has 3 aromatic rings. The van der Waals surface area contributed by atoms with Crippen LogP contribution in [0, 0.1) is 23.3 Å². The summed E-state index contributed by atoms with van der Waals surface area (Å²) in [5.74, 6) is -5.87. The Hall–Kier alpha value is -4.21. The Morgan fingerprint density at radius 3 is 2.48 bits per heavy atom. The van der Waals surface area contributed by atoms with E-state index in [1.807, 2.05) is 0 Å². The van der Waals surface area contributed by atoms with Gasteiger partial charge < -0.3 is 16.4 Å². The van der Waals surface area contributed by atoms with Crippen LogP contribution in [0.1, 0.15) is 31.8 Å². The number of carbonyl (C=O) groups excluding carboxylic acids is 2. The number of aldehydes is 1. The quantitative estimate of drug-likeness (QED) is 0.266. The predicted octanol–water partition coefficient (Wildman–Crippen LogP) is 4.28. The van der Waals surface area contributed by atoms with E-state index in [0.29, 0.717) is 6.29 Å². The van der Waals surface area contributed by atoms with Crippen LogP contribution >= 0.6 is 0 Å². The highest BCUT2D eigenvalue weighted by Gasteiger charge is 2.24. The number of carbonyl (C=O) groups is 2. The van der Waals surface area contributed by atoms with Crippen LogP contribution in [-0.4, -0.2) is 23.7 Å². The lowest BCUT2D eigenvalue weighted by Gasteiger charge is -2.17. The van der Waals surface area contributed by atoms with Crippen molar-refractivity contribution in [3.8, 4) is 0 Å². The molecule has 0 radical (unpaired) electrons. The van der Waals surface area contributed by atoms with Crippen molar-refractivity contribution in [1.82, 2.24) is 10.3 Å². The molecule has 0 bridgehead atoms. The van der Waals surface area contributed by atoms with E-state index in [-0.39, 0.29) is 34.5 Å². The molecule has 0 unspecified atom stereocenters. The summed E-state index contributed by atoms with van der Waals surface area (Å²) in [6.45, 7) is 3.48. The van der Waals surface area contributed by atoms with E-state index in [4.69, 9.17) is 5.73 Å². The Morgan fingerprint density at radius 2 is 1.82 bits per heavy atom. The third-order valence-corrected chi connectivity index (χ3v) is 4.70. The number of halogens is 4. The Bertz CT molecular complexity index is 1250. The third kappa shape index (κ3) is 5.00. The van der Waals surface area contributed by atoms with Gasteiger partial charge in [0.25, 0.3) is 5.91 Å². The molecule has 10 heteroatoms. The average molecular weight is 458 g/mol. The molecule has 0 spiro atoms. The standard InChI is InChI=1S/C23H18F4N4O2/c1-2-6-30-23(33)15-10-14(9-13-5-7-29-22(28)19(13)26)18(25)20(27)21(15)31-17-4-3-12(11-32)8-16(17)24/h2-5,7-8,10-11,31H,1,6,9H2,(H2,28,29)(H,30,33). The minimum absolute atomic E-state index is 0.0184. The summed E-state index contributed by atoms with van der Waals surface area (Å²) in [5, 5.41) is 4.81. The highest BCUT2D eigenvalue weighted by Crippen LogP contribution is 2.31. The number of benzene rings is 2. The minimum Gasteiger partial charge on any atom is -0.381 e. The molecular weight excluding hydrogens is 440 g/mol. The van der Waals surface area contributed by atoms with Gasteiger partial charge in [-0.05, 0) is 41.5 Å². The van der Waals surface area contributed by atoms with Gasteiger partial charge >= 0.3 is 0 Å². The molecule has 0 aliphatic carbocycles. The lowest BCUT2D eigenvalue weighted by molar-refractivity contribution is 0.0958. The van der Waals surface area contributed by atoms with Crippen LogP contribution in [0.3, 0.4) is 0 Å². The summed E-state index contributed by atoms with van der Waals surface area (Å²) >= 11 is 0. The van der Waals surface area contributed by atoms with Crippen molar-refractivity contribution in [2.24, 2.45) is 0 Å². The highest BCUT2D eigenvalue weighted by molar-refractivity contribution is 6.01. The number of hydrogen-bond donors (Lipinski definition) is 3. The van der Waals surface area contributed by atoms with Crippen molar-refractivity contribution in [3.05, 3.63) is 94.7 Å². The Kier molecular flexibility index (Phi) is 7.07. The van der Waals surface area contributed by atoms with Crippen molar-refractivity contribution in [2.75, 3.05) is 17.6 Å². The summed E-state index contributed by atoms with van der Waals surface area (Å²) in [7, 11) is 0. The first-order valence-electron chi connectivity index (χ1n) is 9.57. The van der Waals surface area contributed by atoms with E-state index < -0.39 is 47.1 Å². The van der Waals surface area contributed by atoms with Gasteiger partial charge in [0.2, 0.25) is 0 Å². The molecule has 2 aromatic carbocycles. The number of nitrogens with one attached hydrogen (secondary N) is 2. The molecule has 0 saturated heterocycles. The fraction of sp³-hybridized carbons (Fsp3) is 0.0870. The summed E-state index contributed by atoms with van der Waals surface area (Å²) in [6.07, 6.45) is 2.58. The second kappa shape index (κ2) is 9.94. The van der Waals surface area contributed by atoms with Crippen molar-refractivity contribution < 1.29 is 27.2 Å². The number of anilines is 3. The Labute approximate surface area is 186 Å².